The monoisotopic (exact) mass is 247 g/mol. The van der Waals surface area contributed by atoms with Gasteiger partial charge in [0.15, 0.2) is 0 Å². The minimum absolute atomic E-state index is 0.114. The van der Waals surface area contributed by atoms with Crippen molar-refractivity contribution in [2.45, 2.75) is 45.6 Å². The van der Waals surface area contributed by atoms with E-state index < -0.39 is 0 Å². The highest BCUT2D eigenvalue weighted by Gasteiger charge is 2.26. The van der Waals surface area contributed by atoms with Gasteiger partial charge >= 0.3 is 0 Å². The number of rotatable bonds is 3. The summed E-state index contributed by atoms with van der Waals surface area (Å²) in [5.41, 5.74) is 8.87. The van der Waals surface area contributed by atoms with Crippen molar-refractivity contribution >= 4 is 0 Å². The van der Waals surface area contributed by atoms with E-state index in [4.69, 9.17) is 10.5 Å². The van der Waals surface area contributed by atoms with Crippen molar-refractivity contribution in [3.8, 4) is 5.75 Å². The summed E-state index contributed by atoms with van der Waals surface area (Å²) >= 11 is 0. The highest BCUT2D eigenvalue weighted by Crippen LogP contribution is 2.38. The van der Waals surface area contributed by atoms with Crippen molar-refractivity contribution in [1.82, 2.24) is 0 Å². The Morgan fingerprint density at radius 1 is 1.33 bits per heavy atom. The van der Waals surface area contributed by atoms with Gasteiger partial charge in [0, 0.05) is 11.6 Å². The molecule has 1 fully saturated rings. The maximum atomic E-state index is 6.48. The Kier molecular flexibility index (Phi) is 4.28. The van der Waals surface area contributed by atoms with Crippen molar-refractivity contribution in [3.05, 3.63) is 29.3 Å². The Bertz CT molecular complexity index is 402. The molecule has 0 saturated heterocycles. The standard InChI is InChI=1S/C16H25NO/c1-11-5-4-6-13(9-11)16(17)14-8-7-12(2)10-15(14)18-3/h7-8,10-11,13,16H,4-6,9,17H2,1-3H3. The van der Waals surface area contributed by atoms with Crippen molar-refractivity contribution in [3.63, 3.8) is 0 Å². The van der Waals surface area contributed by atoms with Crippen LogP contribution < -0.4 is 10.5 Å². The lowest BCUT2D eigenvalue weighted by atomic mass is 9.77. The van der Waals surface area contributed by atoms with Crippen LogP contribution in [0.25, 0.3) is 0 Å². The molecule has 0 aromatic heterocycles. The number of benzene rings is 1. The molecule has 1 aliphatic carbocycles. The molecule has 3 atom stereocenters. The van der Waals surface area contributed by atoms with Crippen LogP contribution in [0.5, 0.6) is 5.75 Å². The number of aryl methyl sites for hydroxylation is 1. The largest absolute Gasteiger partial charge is 0.496 e. The van der Waals surface area contributed by atoms with Crippen LogP contribution in [-0.4, -0.2) is 7.11 Å². The quantitative estimate of drug-likeness (QED) is 0.881. The van der Waals surface area contributed by atoms with Crippen LogP contribution in [0, 0.1) is 18.8 Å². The van der Waals surface area contributed by atoms with Gasteiger partial charge in [-0.1, -0.05) is 31.9 Å². The zero-order valence-corrected chi connectivity index (χ0v) is 11.8. The summed E-state index contributed by atoms with van der Waals surface area (Å²) in [5.74, 6) is 2.36. The number of nitrogens with two attached hydrogens (primary N) is 1. The lowest BCUT2D eigenvalue weighted by Crippen LogP contribution is -2.26. The van der Waals surface area contributed by atoms with Crippen molar-refractivity contribution in [2.24, 2.45) is 17.6 Å². The Morgan fingerprint density at radius 3 is 2.78 bits per heavy atom. The summed E-state index contributed by atoms with van der Waals surface area (Å²) in [6, 6.07) is 6.46. The lowest BCUT2D eigenvalue weighted by molar-refractivity contribution is 0.245. The van der Waals surface area contributed by atoms with Crippen LogP contribution >= 0.6 is 0 Å². The Labute approximate surface area is 111 Å². The number of hydrogen-bond acceptors (Lipinski definition) is 2. The van der Waals surface area contributed by atoms with E-state index in [-0.39, 0.29) is 6.04 Å². The zero-order chi connectivity index (χ0) is 13.1. The van der Waals surface area contributed by atoms with E-state index in [9.17, 15) is 0 Å². The van der Waals surface area contributed by atoms with Crippen LogP contribution in [0.2, 0.25) is 0 Å². The van der Waals surface area contributed by atoms with Gasteiger partial charge in [-0.2, -0.15) is 0 Å². The lowest BCUT2D eigenvalue weighted by Gasteiger charge is -2.32. The van der Waals surface area contributed by atoms with Gasteiger partial charge in [-0.25, -0.2) is 0 Å². The highest BCUT2D eigenvalue weighted by molar-refractivity contribution is 5.39. The second kappa shape index (κ2) is 5.75. The molecular weight excluding hydrogens is 222 g/mol. The van der Waals surface area contributed by atoms with E-state index >= 15 is 0 Å². The average molecular weight is 247 g/mol. The summed E-state index contributed by atoms with van der Waals surface area (Å²) < 4.78 is 5.48. The van der Waals surface area contributed by atoms with Crippen molar-refractivity contribution in [1.29, 1.82) is 0 Å². The van der Waals surface area contributed by atoms with Gasteiger partial charge in [-0.05, 0) is 43.2 Å². The molecule has 2 rings (SSSR count). The van der Waals surface area contributed by atoms with E-state index in [0.717, 1.165) is 11.7 Å². The van der Waals surface area contributed by atoms with Crippen LogP contribution in [0.3, 0.4) is 0 Å². The molecule has 0 heterocycles. The summed E-state index contributed by atoms with van der Waals surface area (Å²) in [6.45, 7) is 4.42. The zero-order valence-electron chi connectivity index (χ0n) is 11.8. The number of methoxy groups -OCH3 is 1. The molecule has 0 aliphatic heterocycles. The minimum atomic E-state index is 0.114. The summed E-state index contributed by atoms with van der Waals surface area (Å²) in [6.07, 6.45) is 5.17. The third kappa shape index (κ3) is 2.86. The summed E-state index contributed by atoms with van der Waals surface area (Å²) in [4.78, 5) is 0. The molecule has 1 aromatic carbocycles. The van der Waals surface area contributed by atoms with Gasteiger partial charge < -0.3 is 10.5 Å². The molecule has 0 amide bonds. The molecule has 3 unspecified atom stereocenters. The molecule has 1 saturated carbocycles. The first-order valence-electron chi connectivity index (χ1n) is 7.02. The van der Waals surface area contributed by atoms with Gasteiger partial charge in [-0.3, -0.25) is 0 Å². The minimum Gasteiger partial charge on any atom is -0.496 e. The fourth-order valence-corrected chi connectivity index (χ4v) is 3.15. The van der Waals surface area contributed by atoms with Crippen LogP contribution in [0.1, 0.15) is 49.8 Å². The van der Waals surface area contributed by atoms with E-state index in [1.165, 1.54) is 36.8 Å². The molecule has 2 nitrogen and oxygen atoms in total. The summed E-state index contributed by atoms with van der Waals surface area (Å²) in [5, 5.41) is 0. The molecular formula is C16H25NO. The molecule has 18 heavy (non-hydrogen) atoms. The van der Waals surface area contributed by atoms with Crippen LogP contribution in [0.4, 0.5) is 0 Å². The normalized spacial score (nSPS) is 25.8. The smallest absolute Gasteiger partial charge is 0.123 e. The van der Waals surface area contributed by atoms with Crippen LogP contribution in [0.15, 0.2) is 18.2 Å². The number of hydrogen-bond donors (Lipinski definition) is 1. The fraction of sp³-hybridized carbons (Fsp3) is 0.625. The predicted octanol–water partition coefficient (Wildman–Crippen LogP) is 3.83. The SMILES string of the molecule is COc1cc(C)ccc1C(N)C1CCCC(C)C1. The third-order valence-corrected chi connectivity index (χ3v) is 4.23. The first-order valence-corrected chi connectivity index (χ1v) is 7.02. The molecule has 2 heteroatoms. The first-order chi connectivity index (χ1) is 8.61. The molecule has 100 valence electrons. The Morgan fingerprint density at radius 2 is 2.11 bits per heavy atom. The van der Waals surface area contributed by atoms with E-state index in [1.54, 1.807) is 7.11 Å². The maximum absolute atomic E-state index is 6.48. The van der Waals surface area contributed by atoms with Gasteiger partial charge in [0.25, 0.3) is 0 Å². The molecule has 1 aliphatic rings. The fourth-order valence-electron chi connectivity index (χ4n) is 3.15. The molecule has 1 aromatic rings. The van der Waals surface area contributed by atoms with Gasteiger partial charge in [0.1, 0.15) is 5.75 Å². The summed E-state index contributed by atoms with van der Waals surface area (Å²) in [7, 11) is 1.73. The third-order valence-electron chi connectivity index (χ3n) is 4.23. The van der Waals surface area contributed by atoms with Gasteiger partial charge in [-0.15, -0.1) is 0 Å². The first kappa shape index (κ1) is 13.4. The molecule has 0 radical (unpaired) electrons. The van der Waals surface area contributed by atoms with E-state index in [0.29, 0.717) is 5.92 Å². The molecule has 0 bridgehead atoms. The second-order valence-electron chi connectivity index (χ2n) is 5.80. The highest BCUT2D eigenvalue weighted by atomic mass is 16.5. The van der Waals surface area contributed by atoms with Crippen LogP contribution in [-0.2, 0) is 0 Å². The van der Waals surface area contributed by atoms with E-state index in [1.807, 2.05) is 0 Å². The maximum Gasteiger partial charge on any atom is 0.123 e. The Hall–Kier alpha value is -1.02. The van der Waals surface area contributed by atoms with Crippen molar-refractivity contribution in [2.75, 3.05) is 7.11 Å². The van der Waals surface area contributed by atoms with Gasteiger partial charge in [0.2, 0.25) is 0 Å². The van der Waals surface area contributed by atoms with Gasteiger partial charge in [0.05, 0.1) is 7.11 Å². The predicted molar refractivity (Wildman–Crippen MR) is 75.8 cm³/mol. The average Bonchev–Trinajstić information content (AvgIpc) is 2.37. The molecule has 2 N–H and O–H groups in total. The second-order valence-corrected chi connectivity index (χ2v) is 5.80. The molecule has 0 spiro atoms. The van der Waals surface area contributed by atoms with E-state index in [2.05, 4.69) is 32.0 Å². The number of ether oxygens (including phenoxy) is 1. The van der Waals surface area contributed by atoms with Crippen molar-refractivity contribution < 1.29 is 4.74 Å². The topological polar surface area (TPSA) is 35.2 Å². The Balaban J connectivity index is 2.19.